The Balaban J connectivity index is 2.03. The maximum Gasteiger partial charge on any atom is 0.240 e. The molecule has 1 aromatic rings. The molecule has 0 radical (unpaired) electrons. The van der Waals surface area contributed by atoms with Gasteiger partial charge in [0.05, 0.1) is 21.8 Å². The molecule has 1 N–H and O–H groups in total. The summed E-state index contributed by atoms with van der Waals surface area (Å²) in [5.74, 6) is 0. The van der Waals surface area contributed by atoms with E-state index >= 15 is 0 Å². The fourth-order valence-electron chi connectivity index (χ4n) is 1.84. The van der Waals surface area contributed by atoms with Crippen LogP contribution in [0.5, 0.6) is 0 Å². The van der Waals surface area contributed by atoms with Gasteiger partial charge in [0.25, 0.3) is 0 Å². The molecule has 1 atom stereocenters. The Hall–Kier alpha value is -1.11. The topological polar surface area (TPSA) is 67.8 Å². The Labute approximate surface area is 117 Å². The third-order valence-electron chi connectivity index (χ3n) is 2.85. The van der Waals surface area contributed by atoms with Gasteiger partial charge in [-0.15, -0.1) is 0 Å². The van der Waals surface area contributed by atoms with Crippen LogP contribution in [0.4, 0.5) is 5.69 Å². The molecule has 7 heteroatoms. The Bertz CT molecular complexity index is 571. The number of ether oxygens (including phenoxy) is 1. The molecular weight excluding hydrogens is 284 g/mol. The molecule has 5 nitrogen and oxygen atoms in total. The van der Waals surface area contributed by atoms with Crippen LogP contribution in [0.15, 0.2) is 34.2 Å². The molecule has 1 aromatic carbocycles. The van der Waals surface area contributed by atoms with Crippen molar-refractivity contribution in [2.75, 3.05) is 13.2 Å². The minimum absolute atomic E-state index is 0.0199. The van der Waals surface area contributed by atoms with Gasteiger partial charge < -0.3 is 4.74 Å². The van der Waals surface area contributed by atoms with Crippen molar-refractivity contribution in [3.8, 4) is 0 Å². The summed E-state index contributed by atoms with van der Waals surface area (Å²) in [5, 5.41) is 2.23. The van der Waals surface area contributed by atoms with E-state index in [1.807, 2.05) is 0 Å². The molecule has 1 unspecified atom stereocenters. The van der Waals surface area contributed by atoms with Crippen molar-refractivity contribution in [3.63, 3.8) is 0 Å². The first-order valence-corrected chi connectivity index (χ1v) is 7.80. The normalized spacial score (nSPS) is 19.1. The molecule has 1 saturated heterocycles. The lowest BCUT2D eigenvalue weighted by Crippen LogP contribution is -2.31. The number of sulfonamides is 1. The predicted octanol–water partition coefficient (Wildman–Crippen LogP) is 1.88. The fourth-order valence-corrected chi connectivity index (χ4v) is 3.02. The first kappa shape index (κ1) is 14.3. The third-order valence-corrected chi connectivity index (χ3v) is 4.38. The molecule has 0 saturated carbocycles. The van der Waals surface area contributed by atoms with E-state index < -0.39 is 10.0 Å². The third kappa shape index (κ3) is 3.92. The van der Waals surface area contributed by atoms with E-state index in [4.69, 9.17) is 4.74 Å². The summed E-state index contributed by atoms with van der Waals surface area (Å²) in [6, 6.07) is 6.15. The highest BCUT2D eigenvalue weighted by Gasteiger charge is 2.20. The Morgan fingerprint density at radius 1 is 1.42 bits per heavy atom. The maximum absolute atomic E-state index is 12.0. The van der Waals surface area contributed by atoms with Gasteiger partial charge in [-0.2, -0.15) is 4.99 Å². The van der Waals surface area contributed by atoms with E-state index in [-0.39, 0.29) is 11.0 Å². The quantitative estimate of drug-likeness (QED) is 0.666. The van der Waals surface area contributed by atoms with Crippen LogP contribution in [-0.4, -0.2) is 32.8 Å². The summed E-state index contributed by atoms with van der Waals surface area (Å²) >= 11 is 4.48. The van der Waals surface area contributed by atoms with E-state index in [0.29, 0.717) is 18.8 Å². The van der Waals surface area contributed by atoms with Crippen LogP contribution in [0.1, 0.15) is 12.8 Å². The standard InChI is InChI=1S/C12H14N2O3S2/c15-19(16,14-8-11-2-1-7-17-11)12-5-3-10(4-6-12)13-9-18/h3-6,11,14H,1-2,7-8H2. The number of rotatable bonds is 5. The number of benzene rings is 1. The molecule has 0 bridgehead atoms. The zero-order valence-electron chi connectivity index (χ0n) is 10.2. The number of isothiocyanates is 1. The number of nitrogens with zero attached hydrogens (tertiary/aromatic N) is 1. The molecule has 1 heterocycles. The average Bonchev–Trinajstić information content (AvgIpc) is 2.91. The van der Waals surface area contributed by atoms with Crippen molar-refractivity contribution in [2.45, 2.75) is 23.8 Å². The van der Waals surface area contributed by atoms with Gasteiger partial charge in [0, 0.05) is 13.2 Å². The van der Waals surface area contributed by atoms with Crippen molar-refractivity contribution in [1.82, 2.24) is 4.72 Å². The van der Waals surface area contributed by atoms with Crippen molar-refractivity contribution in [2.24, 2.45) is 4.99 Å². The number of aliphatic imine (C=N–C) groups is 1. The Morgan fingerprint density at radius 2 is 2.16 bits per heavy atom. The lowest BCUT2D eigenvalue weighted by atomic mass is 10.2. The van der Waals surface area contributed by atoms with Gasteiger partial charge in [-0.3, -0.25) is 0 Å². The second-order valence-corrected chi connectivity index (χ2v) is 6.13. The number of hydrogen-bond donors (Lipinski definition) is 1. The van der Waals surface area contributed by atoms with Gasteiger partial charge in [-0.1, -0.05) is 0 Å². The summed E-state index contributed by atoms with van der Waals surface area (Å²) in [6.07, 6.45) is 1.86. The molecular formula is C12H14N2O3S2. The largest absolute Gasteiger partial charge is 0.377 e. The molecule has 0 spiro atoms. The zero-order valence-corrected chi connectivity index (χ0v) is 11.8. The minimum atomic E-state index is -3.50. The summed E-state index contributed by atoms with van der Waals surface area (Å²) in [6.45, 7) is 1.01. The monoisotopic (exact) mass is 298 g/mol. The molecule has 0 aliphatic carbocycles. The van der Waals surface area contributed by atoms with Crippen LogP contribution in [0.3, 0.4) is 0 Å². The fraction of sp³-hybridized carbons (Fsp3) is 0.417. The molecule has 0 amide bonds. The first-order valence-electron chi connectivity index (χ1n) is 5.91. The van der Waals surface area contributed by atoms with Gasteiger partial charge in [0.15, 0.2) is 0 Å². The van der Waals surface area contributed by atoms with Gasteiger partial charge >= 0.3 is 0 Å². The SMILES string of the molecule is O=S(=O)(NCC1CCCO1)c1ccc(N=C=S)cc1. The van der Waals surface area contributed by atoms with E-state index in [1.54, 1.807) is 12.1 Å². The van der Waals surface area contributed by atoms with Crippen LogP contribution in [0, 0.1) is 0 Å². The van der Waals surface area contributed by atoms with E-state index in [1.165, 1.54) is 12.1 Å². The van der Waals surface area contributed by atoms with Crippen LogP contribution in [-0.2, 0) is 14.8 Å². The van der Waals surface area contributed by atoms with Gasteiger partial charge in [0.1, 0.15) is 0 Å². The predicted molar refractivity (Wildman–Crippen MR) is 75.3 cm³/mol. The molecule has 1 aliphatic heterocycles. The van der Waals surface area contributed by atoms with Crippen LogP contribution >= 0.6 is 12.2 Å². The summed E-state index contributed by atoms with van der Waals surface area (Å²) in [5.41, 5.74) is 0.577. The highest BCUT2D eigenvalue weighted by molar-refractivity contribution is 7.89. The Kier molecular flexibility index (Phi) is 4.79. The zero-order chi connectivity index (χ0) is 13.7. The van der Waals surface area contributed by atoms with E-state index in [2.05, 4.69) is 27.1 Å². The lowest BCUT2D eigenvalue weighted by Gasteiger charge is -2.11. The summed E-state index contributed by atoms with van der Waals surface area (Å²) in [4.78, 5) is 3.97. The van der Waals surface area contributed by atoms with E-state index in [0.717, 1.165) is 12.8 Å². The lowest BCUT2D eigenvalue weighted by molar-refractivity contribution is 0.114. The van der Waals surface area contributed by atoms with Gasteiger partial charge in [-0.25, -0.2) is 13.1 Å². The second-order valence-electron chi connectivity index (χ2n) is 4.18. The van der Waals surface area contributed by atoms with E-state index in [9.17, 15) is 8.42 Å². The summed E-state index contributed by atoms with van der Waals surface area (Å²) in [7, 11) is -3.50. The molecule has 1 fully saturated rings. The first-order chi connectivity index (χ1) is 9.12. The van der Waals surface area contributed by atoms with Crippen LogP contribution in [0.2, 0.25) is 0 Å². The average molecular weight is 298 g/mol. The van der Waals surface area contributed by atoms with Crippen LogP contribution in [0.25, 0.3) is 0 Å². The Morgan fingerprint density at radius 3 is 2.74 bits per heavy atom. The number of thiocarbonyl (C=S) groups is 1. The molecule has 1 aliphatic rings. The number of hydrogen-bond acceptors (Lipinski definition) is 5. The molecule has 102 valence electrons. The highest BCUT2D eigenvalue weighted by Crippen LogP contribution is 2.17. The minimum Gasteiger partial charge on any atom is -0.377 e. The highest BCUT2D eigenvalue weighted by atomic mass is 32.2. The second kappa shape index (κ2) is 6.36. The van der Waals surface area contributed by atoms with Gasteiger partial charge in [-0.05, 0) is 49.3 Å². The maximum atomic E-state index is 12.0. The summed E-state index contributed by atoms with van der Waals surface area (Å²) < 4.78 is 32.0. The number of nitrogens with one attached hydrogen (secondary N) is 1. The van der Waals surface area contributed by atoms with Crippen molar-refractivity contribution in [1.29, 1.82) is 0 Å². The molecule has 2 rings (SSSR count). The van der Waals surface area contributed by atoms with Crippen molar-refractivity contribution in [3.05, 3.63) is 24.3 Å². The van der Waals surface area contributed by atoms with Crippen LogP contribution < -0.4 is 4.72 Å². The van der Waals surface area contributed by atoms with Gasteiger partial charge in [0.2, 0.25) is 10.0 Å². The van der Waals surface area contributed by atoms with Crippen molar-refractivity contribution >= 4 is 33.1 Å². The molecule has 0 aromatic heterocycles. The van der Waals surface area contributed by atoms with Crippen molar-refractivity contribution < 1.29 is 13.2 Å². The smallest absolute Gasteiger partial charge is 0.240 e. The molecule has 19 heavy (non-hydrogen) atoms.